The number of hydrogen-bond donors (Lipinski definition) is 0. The van der Waals surface area contributed by atoms with E-state index in [1.54, 1.807) is 0 Å². The first kappa shape index (κ1) is 33.7. The number of hydrogen-bond acceptors (Lipinski definition) is 3. The van der Waals surface area contributed by atoms with Crippen LogP contribution in [0.25, 0.3) is 97.0 Å². The average molecular weight is 770 g/mol. The summed E-state index contributed by atoms with van der Waals surface area (Å²) >= 11 is 1.86. The third-order valence-corrected chi connectivity index (χ3v) is 13.0. The lowest BCUT2D eigenvalue weighted by molar-refractivity contribution is 0.672. The number of benzene rings is 10. The maximum absolute atomic E-state index is 6.76. The minimum Gasteiger partial charge on any atom is -0.455 e. The van der Waals surface area contributed by atoms with Gasteiger partial charge in [-0.15, -0.1) is 11.3 Å². The normalized spacial score (nSPS) is 11.7. The van der Waals surface area contributed by atoms with E-state index in [2.05, 4.69) is 217 Å². The molecule has 0 atom stereocenters. The fraction of sp³-hybridized carbons (Fsp3) is 0. The molecule has 0 aliphatic heterocycles. The van der Waals surface area contributed by atoms with E-state index >= 15 is 0 Å². The maximum Gasteiger partial charge on any atom is 0.143 e. The topological polar surface area (TPSA) is 16.4 Å². The predicted molar refractivity (Wildman–Crippen MR) is 253 cm³/mol. The SMILES string of the molecule is c1ccc(N(c2ccc(-c3ccc(-c4cccc5ccccc45)cc3)cc2)c2cccc3oc4c5ccccc5ccc4c23)c(-c2cccc3sc4ccccc4c23)c1. The van der Waals surface area contributed by atoms with E-state index < -0.39 is 0 Å². The number of nitrogens with zero attached hydrogens (tertiary/aromatic N) is 1. The summed E-state index contributed by atoms with van der Waals surface area (Å²) in [5, 5.41) is 9.58. The Labute approximate surface area is 345 Å². The molecule has 0 bridgehead atoms. The highest BCUT2D eigenvalue weighted by Gasteiger charge is 2.24. The molecule has 2 heterocycles. The molecule has 12 rings (SSSR count). The zero-order chi connectivity index (χ0) is 38.9. The average Bonchev–Trinajstić information content (AvgIpc) is 3.89. The van der Waals surface area contributed by atoms with Crippen LogP contribution in [0.2, 0.25) is 0 Å². The second-order valence-electron chi connectivity index (χ2n) is 15.2. The Morgan fingerprint density at radius 1 is 0.339 bits per heavy atom. The molecule has 0 aliphatic rings. The highest BCUT2D eigenvalue weighted by atomic mass is 32.1. The molecule has 0 spiro atoms. The van der Waals surface area contributed by atoms with Crippen LogP contribution in [0.15, 0.2) is 217 Å². The van der Waals surface area contributed by atoms with Crippen molar-refractivity contribution in [2.75, 3.05) is 4.90 Å². The van der Waals surface area contributed by atoms with Gasteiger partial charge < -0.3 is 9.32 Å². The zero-order valence-electron chi connectivity index (χ0n) is 32.0. The van der Waals surface area contributed by atoms with E-state index in [-0.39, 0.29) is 0 Å². The minimum atomic E-state index is 0.866. The fourth-order valence-corrected chi connectivity index (χ4v) is 10.3. The smallest absolute Gasteiger partial charge is 0.143 e. The molecule has 10 aromatic carbocycles. The van der Waals surface area contributed by atoms with Crippen LogP contribution in [-0.4, -0.2) is 0 Å². The summed E-state index contributed by atoms with van der Waals surface area (Å²) in [6.45, 7) is 0. The van der Waals surface area contributed by atoms with Crippen LogP contribution >= 0.6 is 11.3 Å². The van der Waals surface area contributed by atoms with Crippen molar-refractivity contribution in [3.05, 3.63) is 212 Å². The summed E-state index contributed by atoms with van der Waals surface area (Å²) in [7, 11) is 0. The van der Waals surface area contributed by atoms with E-state index in [0.29, 0.717) is 0 Å². The minimum absolute atomic E-state index is 0.866. The quantitative estimate of drug-likeness (QED) is 0.167. The number of para-hydroxylation sites is 1. The summed E-state index contributed by atoms with van der Waals surface area (Å²) in [6.07, 6.45) is 0. The van der Waals surface area contributed by atoms with Gasteiger partial charge in [0.1, 0.15) is 11.2 Å². The van der Waals surface area contributed by atoms with Crippen LogP contribution in [-0.2, 0) is 0 Å². The summed E-state index contributed by atoms with van der Waals surface area (Å²) in [5.41, 5.74) is 12.2. The third-order valence-electron chi connectivity index (χ3n) is 11.9. The first-order valence-corrected chi connectivity index (χ1v) is 20.9. The highest BCUT2D eigenvalue weighted by Crippen LogP contribution is 2.49. The van der Waals surface area contributed by atoms with Gasteiger partial charge in [0, 0.05) is 42.2 Å². The fourth-order valence-electron chi connectivity index (χ4n) is 9.15. The molecule has 0 N–H and O–H groups in total. The Morgan fingerprint density at radius 2 is 0.915 bits per heavy atom. The van der Waals surface area contributed by atoms with Crippen LogP contribution in [0.3, 0.4) is 0 Å². The number of rotatable bonds is 6. The van der Waals surface area contributed by atoms with Crippen LogP contribution < -0.4 is 4.90 Å². The van der Waals surface area contributed by atoms with Crippen molar-refractivity contribution in [2.45, 2.75) is 0 Å². The zero-order valence-corrected chi connectivity index (χ0v) is 32.8. The van der Waals surface area contributed by atoms with Crippen molar-refractivity contribution in [1.82, 2.24) is 0 Å². The number of anilines is 3. The van der Waals surface area contributed by atoms with Gasteiger partial charge in [-0.2, -0.15) is 0 Å². The molecule has 3 heteroatoms. The predicted octanol–water partition coefficient (Wildman–Crippen LogP) is 16.7. The summed E-state index contributed by atoms with van der Waals surface area (Å²) in [5.74, 6) is 0. The maximum atomic E-state index is 6.76. The van der Waals surface area contributed by atoms with Crippen molar-refractivity contribution >= 4 is 92.1 Å². The Balaban J connectivity index is 1.04. The molecule has 0 aliphatic carbocycles. The third kappa shape index (κ3) is 5.47. The van der Waals surface area contributed by atoms with Gasteiger partial charge in [-0.1, -0.05) is 164 Å². The van der Waals surface area contributed by atoms with E-state index in [4.69, 9.17) is 4.42 Å². The second-order valence-corrected chi connectivity index (χ2v) is 16.3. The molecule has 0 fully saturated rings. The summed E-state index contributed by atoms with van der Waals surface area (Å²) < 4.78 is 9.34. The van der Waals surface area contributed by atoms with Crippen molar-refractivity contribution in [3.63, 3.8) is 0 Å². The second kappa shape index (κ2) is 13.6. The van der Waals surface area contributed by atoms with Gasteiger partial charge in [0.2, 0.25) is 0 Å². The van der Waals surface area contributed by atoms with E-state index in [1.165, 1.54) is 69.7 Å². The Kier molecular flexibility index (Phi) is 7.75. The van der Waals surface area contributed by atoms with Crippen molar-refractivity contribution < 1.29 is 4.42 Å². The number of thiophene rings is 1. The molecule has 0 amide bonds. The molecule has 2 aromatic heterocycles. The van der Waals surface area contributed by atoms with Gasteiger partial charge in [-0.3, -0.25) is 0 Å². The van der Waals surface area contributed by atoms with Gasteiger partial charge in [-0.05, 0) is 92.5 Å². The number of fused-ring (bicyclic) bond motifs is 9. The molecule has 0 saturated carbocycles. The van der Waals surface area contributed by atoms with Crippen LogP contribution in [0.4, 0.5) is 17.1 Å². The van der Waals surface area contributed by atoms with Crippen molar-refractivity contribution in [3.8, 4) is 33.4 Å². The van der Waals surface area contributed by atoms with Crippen molar-refractivity contribution in [2.24, 2.45) is 0 Å². The summed E-state index contributed by atoms with van der Waals surface area (Å²) in [6, 6.07) is 76.9. The lowest BCUT2D eigenvalue weighted by Crippen LogP contribution is -2.11. The van der Waals surface area contributed by atoms with E-state index in [0.717, 1.165) is 44.4 Å². The van der Waals surface area contributed by atoms with Gasteiger partial charge >= 0.3 is 0 Å². The molecule has 2 nitrogen and oxygen atoms in total. The molecule has 0 radical (unpaired) electrons. The monoisotopic (exact) mass is 769 g/mol. The Hall–Kier alpha value is -7.46. The number of furan rings is 1. The molecular weight excluding hydrogens is 735 g/mol. The molecule has 0 saturated heterocycles. The Bertz CT molecular complexity index is 3550. The molecule has 276 valence electrons. The molecule has 59 heavy (non-hydrogen) atoms. The van der Waals surface area contributed by atoms with Gasteiger partial charge in [0.25, 0.3) is 0 Å². The van der Waals surface area contributed by atoms with Gasteiger partial charge in [0.15, 0.2) is 0 Å². The van der Waals surface area contributed by atoms with Crippen LogP contribution in [0.1, 0.15) is 0 Å². The standard InChI is InChI=1S/C56H35NOS/c1-3-15-42-38(12-1)14-9-19-43(42)40-28-26-36(27-29-40)37-30-33-41(34-31-37)57(50-22-11-23-51-55(50)48-35-32-39-13-2-4-16-44(39)56(48)58-51)49-21-7-5-17-45(49)46-20-10-25-53-54(46)47-18-6-8-24-52(47)59-53/h1-35H. The largest absolute Gasteiger partial charge is 0.455 e. The first-order valence-electron chi connectivity index (χ1n) is 20.1. The van der Waals surface area contributed by atoms with E-state index in [1.807, 2.05) is 11.3 Å². The molecule has 0 unspecified atom stereocenters. The summed E-state index contributed by atoms with van der Waals surface area (Å²) in [4.78, 5) is 2.43. The highest BCUT2D eigenvalue weighted by molar-refractivity contribution is 7.25. The Morgan fingerprint density at radius 3 is 1.76 bits per heavy atom. The van der Waals surface area contributed by atoms with Gasteiger partial charge in [-0.25, -0.2) is 0 Å². The van der Waals surface area contributed by atoms with Gasteiger partial charge in [0.05, 0.1) is 16.8 Å². The van der Waals surface area contributed by atoms with Crippen molar-refractivity contribution in [1.29, 1.82) is 0 Å². The molecular formula is C56H35NOS. The molecule has 12 aromatic rings. The van der Waals surface area contributed by atoms with E-state index in [9.17, 15) is 0 Å². The van der Waals surface area contributed by atoms with Crippen LogP contribution in [0, 0.1) is 0 Å². The lowest BCUT2D eigenvalue weighted by Gasteiger charge is -2.29. The lowest BCUT2D eigenvalue weighted by atomic mass is 9.95. The first-order chi connectivity index (χ1) is 29.3. The van der Waals surface area contributed by atoms with Crippen LogP contribution in [0.5, 0.6) is 0 Å².